The molecule has 7 heteroatoms. The highest BCUT2D eigenvalue weighted by atomic mass is 32.2. The van der Waals surface area contributed by atoms with Crippen LogP contribution in [0.25, 0.3) is 0 Å². The SMILES string of the molecule is O=C(CSc1ccc(F)cc1)NCC1CCN(C(=O)COc2ccccc2)CC1. The van der Waals surface area contributed by atoms with Gasteiger partial charge < -0.3 is 15.0 Å². The van der Waals surface area contributed by atoms with Gasteiger partial charge in [-0.15, -0.1) is 11.8 Å². The van der Waals surface area contributed by atoms with Gasteiger partial charge in [-0.3, -0.25) is 9.59 Å². The van der Waals surface area contributed by atoms with Gasteiger partial charge in [0.2, 0.25) is 5.91 Å². The Labute approximate surface area is 174 Å². The summed E-state index contributed by atoms with van der Waals surface area (Å²) in [5.41, 5.74) is 0. The summed E-state index contributed by atoms with van der Waals surface area (Å²) in [5, 5.41) is 2.96. The molecule has 0 aliphatic carbocycles. The Bertz CT molecular complexity index is 793. The van der Waals surface area contributed by atoms with Gasteiger partial charge in [-0.1, -0.05) is 18.2 Å². The summed E-state index contributed by atoms with van der Waals surface area (Å²) in [7, 11) is 0. The Hall–Kier alpha value is -2.54. The second-order valence-electron chi connectivity index (χ2n) is 6.97. The Kier molecular flexibility index (Phi) is 7.93. The molecule has 0 spiro atoms. The largest absolute Gasteiger partial charge is 0.484 e. The number of likely N-dealkylation sites (tertiary alicyclic amines) is 1. The van der Waals surface area contributed by atoms with E-state index in [4.69, 9.17) is 4.74 Å². The van der Waals surface area contributed by atoms with Crippen LogP contribution >= 0.6 is 11.8 Å². The smallest absolute Gasteiger partial charge is 0.260 e. The summed E-state index contributed by atoms with van der Waals surface area (Å²) < 4.78 is 18.4. The lowest BCUT2D eigenvalue weighted by atomic mass is 9.97. The molecule has 29 heavy (non-hydrogen) atoms. The molecule has 1 N–H and O–H groups in total. The van der Waals surface area contributed by atoms with Crippen LogP contribution in [-0.4, -0.2) is 48.7 Å². The van der Waals surface area contributed by atoms with Crippen molar-refractivity contribution in [3.05, 3.63) is 60.4 Å². The topological polar surface area (TPSA) is 58.6 Å². The third-order valence-electron chi connectivity index (χ3n) is 4.84. The Morgan fingerprint density at radius 2 is 1.76 bits per heavy atom. The Morgan fingerprint density at radius 3 is 2.45 bits per heavy atom. The molecule has 2 aromatic carbocycles. The molecule has 0 unspecified atom stereocenters. The number of nitrogens with one attached hydrogen (secondary N) is 1. The maximum Gasteiger partial charge on any atom is 0.260 e. The first-order valence-electron chi connectivity index (χ1n) is 9.71. The van der Waals surface area contributed by atoms with Crippen LogP contribution in [0.3, 0.4) is 0 Å². The van der Waals surface area contributed by atoms with Crippen LogP contribution < -0.4 is 10.1 Å². The van der Waals surface area contributed by atoms with E-state index in [0.29, 0.717) is 37.1 Å². The van der Waals surface area contributed by atoms with E-state index in [0.717, 1.165) is 17.7 Å². The molecule has 5 nitrogen and oxygen atoms in total. The van der Waals surface area contributed by atoms with Crippen molar-refractivity contribution in [2.45, 2.75) is 17.7 Å². The minimum absolute atomic E-state index is 0.00737. The number of hydrogen-bond acceptors (Lipinski definition) is 4. The molecule has 2 aromatic rings. The van der Waals surface area contributed by atoms with E-state index in [9.17, 15) is 14.0 Å². The summed E-state index contributed by atoms with van der Waals surface area (Å²) in [6.45, 7) is 2.03. The molecule has 1 aliphatic heterocycles. The van der Waals surface area contributed by atoms with Crippen LogP contribution in [0.2, 0.25) is 0 Å². The second kappa shape index (κ2) is 10.9. The minimum Gasteiger partial charge on any atom is -0.484 e. The number of rotatable bonds is 8. The van der Waals surface area contributed by atoms with E-state index < -0.39 is 0 Å². The molecule has 1 saturated heterocycles. The van der Waals surface area contributed by atoms with Crippen LogP contribution in [-0.2, 0) is 9.59 Å². The summed E-state index contributed by atoms with van der Waals surface area (Å²) in [4.78, 5) is 27.0. The van der Waals surface area contributed by atoms with Crippen molar-refractivity contribution in [2.75, 3.05) is 32.0 Å². The lowest BCUT2D eigenvalue weighted by Gasteiger charge is -2.32. The van der Waals surface area contributed by atoms with Gasteiger partial charge in [0.1, 0.15) is 11.6 Å². The summed E-state index contributed by atoms with van der Waals surface area (Å²) >= 11 is 1.39. The molecule has 154 valence electrons. The molecule has 2 amide bonds. The fourth-order valence-electron chi connectivity index (χ4n) is 3.13. The summed E-state index contributed by atoms with van der Waals surface area (Å²) in [6.07, 6.45) is 1.73. The van der Waals surface area contributed by atoms with Crippen molar-refractivity contribution in [3.63, 3.8) is 0 Å². The van der Waals surface area contributed by atoms with Crippen molar-refractivity contribution in [1.82, 2.24) is 10.2 Å². The number of thioether (sulfide) groups is 1. The zero-order valence-electron chi connectivity index (χ0n) is 16.2. The molecule has 0 aromatic heterocycles. The number of nitrogens with zero attached hydrogens (tertiary/aromatic N) is 1. The average molecular weight is 417 g/mol. The first-order valence-corrected chi connectivity index (χ1v) is 10.7. The summed E-state index contributed by atoms with van der Waals surface area (Å²) in [5.74, 6) is 1.04. The highest BCUT2D eigenvalue weighted by Gasteiger charge is 2.23. The molecule has 0 saturated carbocycles. The van der Waals surface area contributed by atoms with Gasteiger partial charge >= 0.3 is 0 Å². The highest BCUT2D eigenvalue weighted by molar-refractivity contribution is 8.00. The monoisotopic (exact) mass is 416 g/mol. The zero-order chi connectivity index (χ0) is 20.5. The standard InChI is InChI=1S/C22H25FN2O3S/c23-18-6-8-20(9-7-18)29-16-21(26)24-14-17-10-12-25(13-11-17)22(27)15-28-19-4-2-1-3-5-19/h1-9,17H,10-16H2,(H,24,26). The third kappa shape index (κ3) is 7.09. The quantitative estimate of drug-likeness (QED) is 0.671. The number of carbonyl (C=O) groups excluding carboxylic acids is 2. The zero-order valence-corrected chi connectivity index (χ0v) is 17.0. The molecular formula is C22H25FN2O3S. The number of halogens is 1. The number of benzene rings is 2. The van der Waals surface area contributed by atoms with Gasteiger partial charge in [0.15, 0.2) is 6.61 Å². The van der Waals surface area contributed by atoms with Crippen LogP contribution in [0.15, 0.2) is 59.5 Å². The van der Waals surface area contributed by atoms with E-state index in [-0.39, 0.29) is 24.2 Å². The van der Waals surface area contributed by atoms with E-state index >= 15 is 0 Å². The molecule has 0 atom stereocenters. The van der Waals surface area contributed by atoms with Crippen molar-refractivity contribution in [2.24, 2.45) is 5.92 Å². The number of carbonyl (C=O) groups is 2. The Balaban J connectivity index is 1.30. The Morgan fingerprint density at radius 1 is 1.07 bits per heavy atom. The fraction of sp³-hybridized carbons (Fsp3) is 0.364. The highest BCUT2D eigenvalue weighted by Crippen LogP contribution is 2.19. The molecule has 3 rings (SSSR count). The lowest BCUT2D eigenvalue weighted by molar-refractivity contribution is -0.134. The van der Waals surface area contributed by atoms with Gasteiger partial charge in [-0.25, -0.2) is 4.39 Å². The van der Waals surface area contributed by atoms with Gasteiger partial charge in [0.25, 0.3) is 5.91 Å². The predicted octanol–water partition coefficient (Wildman–Crippen LogP) is 3.35. The molecule has 1 fully saturated rings. The van der Waals surface area contributed by atoms with Crippen molar-refractivity contribution in [3.8, 4) is 5.75 Å². The van der Waals surface area contributed by atoms with Crippen molar-refractivity contribution >= 4 is 23.6 Å². The second-order valence-corrected chi connectivity index (χ2v) is 8.02. The van der Waals surface area contributed by atoms with Crippen LogP contribution in [0.5, 0.6) is 5.75 Å². The number of ether oxygens (including phenoxy) is 1. The lowest BCUT2D eigenvalue weighted by Crippen LogP contribution is -2.43. The fourth-order valence-corrected chi connectivity index (χ4v) is 3.86. The molecule has 0 radical (unpaired) electrons. The maximum absolute atomic E-state index is 12.9. The van der Waals surface area contributed by atoms with Gasteiger partial charge in [0.05, 0.1) is 5.75 Å². The molecule has 1 heterocycles. The van der Waals surface area contributed by atoms with Gasteiger partial charge in [-0.2, -0.15) is 0 Å². The molecule has 0 bridgehead atoms. The number of hydrogen-bond donors (Lipinski definition) is 1. The van der Waals surface area contributed by atoms with E-state index in [2.05, 4.69) is 5.32 Å². The van der Waals surface area contributed by atoms with E-state index in [1.165, 1.54) is 23.9 Å². The molecule has 1 aliphatic rings. The van der Waals surface area contributed by atoms with Gasteiger partial charge in [0, 0.05) is 24.5 Å². The normalized spacial score (nSPS) is 14.4. The minimum atomic E-state index is -0.282. The average Bonchev–Trinajstić information content (AvgIpc) is 2.76. The number of para-hydroxylation sites is 1. The first-order chi connectivity index (χ1) is 14.1. The van der Waals surface area contributed by atoms with Crippen molar-refractivity contribution < 1.29 is 18.7 Å². The maximum atomic E-state index is 12.9. The predicted molar refractivity (Wildman–Crippen MR) is 111 cm³/mol. The molecular weight excluding hydrogens is 391 g/mol. The first kappa shape index (κ1) is 21.2. The van der Waals surface area contributed by atoms with Crippen LogP contribution in [0.4, 0.5) is 4.39 Å². The van der Waals surface area contributed by atoms with Crippen LogP contribution in [0.1, 0.15) is 12.8 Å². The van der Waals surface area contributed by atoms with Crippen molar-refractivity contribution in [1.29, 1.82) is 0 Å². The van der Waals surface area contributed by atoms with Gasteiger partial charge in [-0.05, 0) is 55.2 Å². The van der Waals surface area contributed by atoms with Crippen LogP contribution in [0, 0.1) is 11.7 Å². The van der Waals surface area contributed by atoms with E-state index in [1.54, 1.807) is 12.1 Å². The third-order valence-corrected chi connectivity index (χ3v) is 5.86. The number of amides is 2. The number of piperidine rings is 1. The summed E-state index contributed by atoms with van der Waals surface area (Å²) in [6, 6.07) is 15.4. The van der Waals surface area contributed by atoms with E-state index in [1.807, 2.05) is 35.2 Å².